The fourth-order valence-electron chi connectivity index (χ4n) is 2.35. The average molecular weight is 356 g/mol. The van der Waals surface area contributed by atoms with Gasteiger partial charge in [0.15, 0.2) is 0 Å². The number of carbonyl (C=O) groups excluding carboxylic acids is 1. The van der Waals surface area contributed by atoms with E-state index in [4.69, 9.17) is 4.42 Å². The molecule has 7 heteroatoms. The Morgan fingerprint density at radius 1 is 1.24 bits per heavy atom. The lowest BCUT2D eigenvalue weighted by Crippen LogP contribution is -2.15. The number of aryl methyl sites for hydroxylation is 1. The highest BCUT2D eigenvalue weighted by atomic mass is 32.1. The van der Waals surface area contributed by atoms with Crippen LogP contribution in [0, 0.1) is 12.8 Å². The SMILES string of the molecule is Cc1oc(-c2ccccc2)nc1CC(=O)Nc1nnc(CC(C)C)s1. The van der Waals surface area contributed by atoms with E-state index in [2.05, 4.69) is 34.3 Å². The van der Waals surface area contributed by atoms with Gasteiger partial charge in [0.1, 0.15) is 10.8 Å². The molecule has 0 aliphatic heterocycles. The maximum absolute atomic E-state index is 12.3. The van der Waals surface area contributed by atoms with Gasteiger partial charge in [0.25, 0.3) is 0 Å². The van der Waals surface area contributed by atoms with Crippen LogP contribution < -0.4 is 5.32 Å². The van der Waals surface area contributed by atoms with Crippen molar-refractivity contribution in [3.8, 4) is 11.5 Å². The number of amides is 1. The molecule has 0 aliphatic rings. The smallest absolute Gasteiger partial charge is 0.232 e. The third kappa shape index (κ3) is 4.51. The van der Waals surface area contributed by atoms with Gasteiger partial charge < -0.3 is 9.73 Å². The lowest BCUT2D eigenvalue weighted by Gasteiger charge is -1.99. The molecule has 130 valence electrons. The van der Waals surface area contributed by atoms with Gasteiger partial charge in [-0.15, -0.1) is 10.2 Å². The molecule has 0 bridgehead atoms. The third-order valence-corrected chi connectivity index (χ3v) is 4.40. The number of nitrogens with one attached hydrogen (secondary N) is 1. The minimum atomic E-state index is -0.178. The highest BCUT2D eigenvalue weighted by molar-refractivity contribution is 7.15. The second-order valence-electron chi connectivity index (χ2n) is 6.21. The third-order valence-electron chi connectivity index (χ3n) is 3.54. The number of anilines is 1. The van der Waals surface area contributed by atoms with E-state index in [9.17, 15) is 4.79 Å². The van der Waals surface area contributed by atoms with Crippen molar-refractivity contribution in [2.24, 2.45) is 5.92 Å². The van der Waals surface area contributed by atoms with Gasteiger partial charge in [-0.05, 0) is 25.0 Å². The van der Waals surface area contributed by atoms with Crippen LogP contribution in [0.3, 0.4) is 0 Å². The number of hydrogen-bond acceptors (Lipinski definition) is 6. The van der Waals surface area contributed by atoms with Crippen LogP contribution in [0.5, 0.6) is 0 Å². The van der Waals surface area contributed by atoms with E-state index in [1.807, 2.05) is 37.3 Å². The van der Waals surface area contributed by atoms with Crippen LogP contribution in [-0.4, -0.2) is 21.1 Å². The Labute approximate surface area is 150 Å². The summed E-state index contributed by atoms with van der Waals surface area (Å²) < 4.78 is 5.68. The number of benzene rings is 1. The van der Waals surface area contributed by atoms with E-state index in [1.165, 1.54) is 11.3 Å². The van der Waals surface area contributed by atoms with Gasteiger partial charge in [-0.2, -0.15) is 0 Å². The van der Waals surface area contributed by atoms with Crippen LogP contribution in [-0.2, 0) is 17.6 Å². The van der Waals surface area contributed by atoms with Crippen molar-refractivity contribution in [3.63, 3.8) is 0 Å². The lowest BCUT2D eigenvalue weighted by atomic mass is 10.1. The van der Waals surface area contributed by atoms with Crippen LogP contribution in [0.1, 0.15) is 30.3 Å². The second kappa shape index (κ2) is 7.57. The summed E-state index contributed by atoms with van der Waals surface area (Å²) in [6.07, 6.45) is 0.998. The van der Waals surface area contributed by atoms with Crippen molar-refractivity contribution >= 4 is 22.4 Å². The molecule has 6 nitrogen and oxygen atoms in total. The number of hydrogen-bond donors (Lipinski definition) is 1. The van der Waals surface area contributed by atoms with Crippen molar-refractivity contribution in [2.45, 2.75) is 33.6 Å². The molecule has 2 aromatic heterocycles. The lowest BCUT2D eigenvalue weighted by molar-refractivity contribution is -0.115. The topological polar surface area (TPSA) is 80.9 Å². The Morgan fingerprint density at radius 3 is 2.72 bits per heavy atom. The van der Waals surface area contributed by atoms with Crippen molar-refractivity contribution in [3.05, 3.63) is 46.8 Å². The van der Waals surface area contributed by atoms with Gasteiger partial charge in [-0.3, -0.25) is 4.79 Å². The van der Waals surface area contributed by atoms with Crippen LogP contribution in [0.15, 0.2) is 34.7 Å². The van der Waals surface area contributed by atoms with Crippen LogP contribution >= 0.6 is 11.3 Å². The van der Waals surface area contributed by atoms with Gasteiger partial charge in [0.05, 0.1) is 12.1 Å². The Kier molecular flexibility index (Phi) is 5.23. The zero-order valence-electron chi connectivity index (χ0n) is 14.4. The maximum Gasteiger partial charge on any atom is 0.232 e. The summed E-state index contributed by atoms with van der Waals surface area (Å²) in [5, 5.41) is 12.3. The molecule has 0 spiro atoms. The molecule has 0 unspecified atom stereocenters. The first kappa shape index (κ1) is 17.3. The van der Waals surface area contributed by atoms with Crippen molar-refractivity contribution in [1.82, 2.24) is 15.2 Å². The molecule has 1 aromatic carbocycles. The molecule has 1 amide bonds. The van der Waals surface area contributed by atoms with Crippen LogP contribution in [0.25, 0.3) is 11.5 Å². The minimum Gasteiger partial charge on any atom is -0.441 e. The molecule has 0 radical (unpaired) electrons. The van der Waals surface area contributed by atoms with Gasteiger partial charge >= 0.3 is 0 Å². The first-order valence-electron chi connectivity index (χ1n) is 8.15. The number of carbonyl (C=O) groups is 1. The maximum atomic E-state index is 12.3. The van der Waals surface area contributed by atoms with Crippen molar-refractivity contribution in [2.75, 3.05) is 5.32 Å². The molecule has 1 N–H and O–H groups in total. The number of rotatable bonds is 6. The van der Waals surface area contributed by atoms with Gasteiger partial charge in [-0.1, -0.05) is 43.4 Å². The standard InChI is InChI=1S/C18H20N4O2S/c1-11(2)9-16-21-22-18(25-16)20-15(23)10-14-12(3)24-17(19-14)13-7-5-4-6-8-13/h4-8,11H,9-10H2,1-3H3,(H,20,22,23). The van der Waals surface area contributed by atoms with E-state index in [-0.39, 0.29) is 12.3 Å². The molecule has 0 fully saturated rings. The van der Waals surface area contributed by atoms with E-state index in [1.54, 1.807) is 0 Å². The monoisotopic (exact) mass is 356 g/mol. The number of nitrogens with zero attached hydrogens (tertiary/aromatic N) is 3. The average Bonchev–Trinajstić information content (AvgIpc) is 3.15. The Bertz CT molecular complexity index is 855. The molecule has 0 aliphatic carbocycles. The zero-order chi connectivity index (χ0) is 17.8. The Morgan fingerprint density at radius 2 is 2.00 bits per heavy atom. The second-order valence-corrected chi connectivity index (χ2v) is 7.27. The largest absolute Gasteiger partial charge is 0.441 e. The summed E-state index contributed by atoms with van der Waals surface area (Å²) in [6.45, 7) is 6.06. The number of oxazole rings is 1. The summed E-state index contributed by atoms with van der Waals surface area (Å²) in [5.74, 6) is 1.50. The summed E-state index contributed by atoms with van der Waals surface area (Å²) in [4.78, 5) is 16.7. The molecule has 3 rings (SSSR count). The summed E-state index contributed by atoms with van der Waals surface area (Å²) >= 11 is 1.41. The predicted octanol–water partition coefficient (Wildman–Crippen LogP) is 3.88. The van der Waals surface area contributed by atoms with Gasteiger partial charge in [0, 0.05) is 12.0 Å². The molecule has 0 saturated heterocycles. The Hall–Kier alpha value is -2.54. The van der Waals surface area contributed by atoms with Crippen LogP contribution in [0.2, 0.25) is 0 Å². The Balaban J connectivity index is 1.65. The normalized spacial score (nSPS) is 11.0. The number of aromatic nitrogens is 3. The summed E-state index contributed by atoms with van der Waals surface area (Å²) in [7, 11) is 0. The van der Waals surface area contributed by atoms with Gasteiger partial charge in [-0.25, -0.2) is 4.98 Å². The van der Waals surface area contributed by atoms with E-state index < -0.39 is 0 Å². The summed E-state index contributed by atoms with van der Waals surface area (Å²) in [6, 6.07) is 9.62. The fraction of sp³-hybridized carbons (Fsp3) is 0.333. The molecule has 0 saturated carbocycles. The van der Waals surface area contributed by atoms with E-state index in [0.717, 1.165) is 17.0 Å². The highest BCUT2D eigenvalue weighted by Crippen LogP contribution is 2.22. The van der Waals surface area contributed by atoms with E-state index in [0.29, 0.717) is 28.4 Å². The first-order chi connectivity index (χ1) is 12.0. The van der Waals surface area contributed by atoms with Crippen LogP contribution in [0.4, 0.5) is 5.13 Å². The predicted molar refractivity (Wildman–Crippen MR) is 97.5 cm³/mol. The van der Waals surface area contributed by atoms with Gasteiger partial charge in [0.2, 0.25) is 16.9 Å². The quantitative estimate of drug-likeness (QED) is 0.725. The zero-order valence-corrected chi connectivity index (χ0v) is 15.3. The molecule has 3 aromatic rings. The molecule has 25 heavy (non-hydrogen) atoms. The fourth-order valence-corrected chi connectivity index (χ4v) is 3.32. The molecular weight excluding hydrogens is 336 g/mol. The van der Waals surface area contributed by atoms with Crippen molar-refractivity contribution < 1.29 is 9.21 Å². The van der Waals surface area contributed by atoms with Crippen molar-refractivity contribution in [1.29, 1.82) is 0 Å². The minimum absolute atomic E-state index is 0.140. The molecule has 2 heterocycles. The molecular formula is C18H20N4O2S. The summed E-state index contributed by atoms with van der Waals surface area (Å²) in [5.41, 5.74) is 1.52. The highest BCUT2D eigenvalue weighted by Gasteiger charge is 2.16. The molecule has 0 atom stereocenters. The van der Waals surface area contributed by atoms with E-state index >= 15 is 0 Å². The first-order valence-corrected chi connectivity index (χ1v) is 8.97.